The second kappa shape index (κ2) is 6.84. The van der Waals surface area contributed by atoms with Gasteiger partial charge >= 0.3 is 0 Å². The molecule has 1 amide bonds. The molecule has 0 saturated carbocycles. The van der Waals surface area contributed by atoms with Gasteiger partial charge in [-0.3, -0.25) is 4.79 Å². The summed E-state index contributed by atoms with van der Waals surface area (Å²) in [6.07, 6.45) is 5.43. The van der Waals surface area contributed by atoms with Gasteiger partial charge in [0.2, 0.25) is 11.8 Å². The smallest absolute Gasteiger partial charge is 0.244 e. The molecule has 0 fully saturated rings. The van der Waals surface area contributed by atoms with E-state index < -0.39 is 0 Å². The highest BCUT2D eigenvalue weighted by Crippen LogP contribution is 2.19. The van der Waals surface area contributed by atoms with Crippen molar-refractivity contribution in [2.45, 2.75) is 6.42 Å². The van der Waals surface area contributed by atoms with Crippen molar-refractivity contribution < 1.29 is 13.6 Å². The molecule has 0 aliphatic heterocycles. The summed E-state index contributed by atoms with van der Waals surface area (Å²) in [4.78, 5) is 19.3. The van der Waals surface area contributed by atoms with Gasteiger partial charge in [-0.15, -0.1) is 0 Å². The number of benzene rings is 2. The topological polar surface area (TPSA) is 70.9 Å². The molecule has 2 aromatic heterocycles. The number of rotatable bonds is 5. The molecule has 130 valence electrons. The summed E-state index contributed by atoms with van der Waals surface area (Å²) < 4.78 is 18.7. The lowest BCUT2D eigenvalue weighted by molar-refractivity contribution is -0.116. The van der Waals surface area contributed by atoms with E-state index in [2.05, 4.69) is 15.3 Å². The zero-order valence-corrected chi connectivity index (χ0v) is 13.8. The molecule has 0 saturated heterocycles. The first-order chi connectivity index (χ1) is 12.7. The van der Waals surface area contributed by atoms with E-state index in [1.165, 1.54) is 18.2 Å². The van der Waals surface area contributed by atoms with E-state index in [4.69, 9.17) is 4.42 Å². The minimum Gasteiger partial charge on any atom is -0.437 e. The monoisotopic (exact) mass is 349 g/mol. The maximum absolute atomic E-state index is 13.2. The number of halogens is 1. The number of carbonyl (C=O) groups is 1. The molecule has 0 atom stereocenters. The zero-order valence-electron chi connectivity index (χ0n) is 13.8. The maximum atomic E-state index is 13.2. The third kappa shape index (κ3) is 3.35. The summed E-state index contributed by atoms with van der Waals surface area (Å²) in [7, 11) is 0. The lowest BCUT2D eigenvalue weighted by Crippen LogP contribution is -2.23. The number of aromatic amines is 1. The SMILES string of the molecule is O=C(/C=C/c1nc2ccccc2o1)NCCc1c[nH]c2cc(F)ccc12. The Morgan fingerprint density at radius 1 is 1.27 bits per heavy atom. The van der Waals surface area contributed by atoms with Crippen molar-refractivity contribution in [1.82, 2.24) is 15.3 Å². The van der Waals surface area contributed by atoms with Crippen LogP contribution in [0, 0.1) is 5.82 Å². The summed E-state index contributed by atoms with van der Waals surface area (Å²) in [6, 6.07) is 12.1. The number of carbonyl (C=O) groups excluding carboxylic acids is 1. The largest absolute Gasteiger partial charge is 0.437 e. The zero-order chi connectivity index (χ0) is 17.9. The van der Waals surface area contributed by atoms with Crippen molar-refractivity contribution >= 4 is 34.0 Å². The van der Waals surface area contributed by atoms with Gasteiger partial charge in [-0.2, -0.15) is 0 Å². The molecule has 0 aliphatic carbocycles. The Balaban J connectivity index is 1.34. The highest BCUT2D eigenvalue weighted by molar-refractivity contribution is 5.91. The van der Waals surface area contributed by atoms with Crippen LogP contribution in [-0.4, -0.2) is 22.4 Å². The van der Waals surface area contributed by atoms with Gasteiger partial charge in [0.05, 0.1) is 0 Å². The van der Waals surface area contributed by atoms with Gasteiger partial charge in [0, 0.05) is 35.8 Å². The maximum Gasteiger partial charge on any atom is 0.244 e. The van der Waals surface area contributed by atoms with E-state index in [9.17, 15) is 9.18 Å². The third-order valence-corrected chi connectivity index (χ3v) is 4.11. The van der Waals surface area contributed by atoms with Crippen molar-refractivity contribution in [2.24, 2.45) is 0 Å². The van der Waals surface area contributed by atoms with Gasteiger partial charge in [-0.1, -0.05) is 12.1 Å². The number of hydrogen-bond acceptors (Lipinski definition) is 3. The normalized spacial score (nSPS) is 11.6. The number of hydrogen-bond donors (Lipinski definition) is 2. The van der Waals surface area contributed by atoms with Gasteiger partial charge in [0.25, 0.3) is 0 Å². The van der Waals surface area contributed by atoms with Crippen LogP contribution in [0.4, 0.5) is 4.39 Å². The first kappa shape index (κ1) is 16.1. The standard InChI is InChI=1S/C20H16FN3O2/c21-14-5-6-15-13(12-23-17(15)11-14)9-10-22-19(25)7-8-20-24-16-3-1-2-4-18(16)26-20/h1-8,11-12,23H,9-10H2,(H,22,25)/b8-7+. The molecule has 4 aromatic rings. The Morgan fingerprint density at radius 3 is 3.04 bits per heavy atom. The molecule has 0 unspecified atom stereocenters. The van der Waals surface area contributed by atoms with Crippen molar-refractivity contribution in [1.29, 1.82) is 0 Å². The highest BCUT2D eigenvalue weighted by atomic mass is 19.1. The number of oxazole rings is 1. The lowest BCUT2D eigenvalue weighted by Gasteiger charge is -2.01. The number of nitrogens with one attached hydrogen (secondary N) is 2. The quantitative estimate of drug-likeness (QED) is 0.538. The van der Waals surface area contributed by atoms with Crippen LogP contribution in [0.5, 0.6) is 0 Å². The van der Waals surface area contributed by atoms with E-state index in [-0.39, 0.29) is 11.7 Å². The molecule has 0 aliphatic rings. The summed E-state index contributed by atoms with van der Waals surface area (Å²) >= 11 is 0. The van der Waals surface area contributed by atoms with Crippen molar-refractivity contribution in [2.75, 3.05) is 6.54 Å². The number of amides is 1. The highest BCUT2D eigenvalue weighted by Gasteiger charge is 2.06. The molecule has 2 N–H and O–H groups in total. The number of nitrogens with zero attached hydrogens (tertiary/aromatic N) is 1. The molecule has 5 nitrogen and oxygen atoms in total. The van der Waals surface area contributed by atoms with E-state index in [0.29, 0.717) is 24.4 Å². The van der Waals surface area contributed by atoms with E-state index >= 15 is 0 Å². The van der Waals surface area contributed by atoms with Crippen LogP contribution in [-0.2, 0) is 11.2 Å². The third-order valence-electron chi connectivity index (χ3n) is 4.11. The second-order valence-corrected chi connectivity index (χ2v) is 5.90. The van der Waals surface area contributed by atoms with E-state index in [1.807, 2.05) is 30.5 Å². The molecular formula is C20H16FN3O2. The van der Waals surface area contributed by atoms with Crippen LogP contribution >= 0.6 is 0 Å². The molecule has 0 spiro atoms. The predicted octanol–water partition coefficient (Wildman–Crippen LogP) is 3.82. The van der Waals surface area contributed by atoms with Gasteiger partial charge < -0.3 is 14.7 Å². The fourth-order valence-electron chi connectivity index (χ4n) is 2.85. The molecule has 6 heteroatoms. The van der Waals surface area contributed by atoms with Gasteiger partial charge in [0.1, 0.15) is 11.3 Å². The Hall–Kier alpha value is -3.41. The molecule has 2 heterocycles. The Labute approximate surface area is 148 Å². The van der Waals surface area contributed by atoms with Gasteiger partial charge in [0.15, 0.2) is 5.58 Å². The summed E-state index contributed by atoms with van der Waals surface area (Å²) in [5.74, 6) is -0.110. The van der Waals surface area contributed by atoms with Crippen LogP contribution < -0.4 is 5.32 Å². The average molecular weight is 349 g/mol. The van der Waals surface area contributed by atoms with Crippen molar-refractivity contribution in [3.05, 3.63) is 72.0 Å². The number of para-hydroxylation sites is 2. The lowest BCUT2D eigenvalue weighted by atomic mass is 10.1. The first-order valence-electron chi connectivity index (χ1n) is 8.26. The average Bonchev–Trinajstić information content (AvgIpc) is 3.23. The number of fused-ring (bicyclic) bond motifs is 2. The molecule has 2 aromatic carbocycles. The van der Waals surface area contributed by atoms with Crippen LogP contribution in [0.1, 0.15) is 11.5 Å². The molecule has 0 bridgehead atoms. The molecule has 4 rings (SSSR count). The molecule has 0 radical (unpaired) electrons. The van der Waals surface area contributed by atoms with Crippen LogP contribution in [0.25, 0.3) is 28.1 Å². The Morgan fingerprint density at radius 2 is 2.15 bits per heavy atom. The van der Waals surface area contributed by atoms with Crippen LogP contribution in [0.2, 0.25) is 0 Å². The summed E-state index contributed by atoms with van der Waals surface area (Å²) in [6.45, 7) is 0.473. The number of H-pyrrole nitrogens is 1. The van der Waals surface area contributed by atoms with E-state index in [1.54, 1.807) is 12.1 Å². The second-order valence-electron chi connectivity index (χ2n) is 5.90. The molecule has 26 heavy (non-hydrogen) atoms. The summed E-state index contributed by atoms with van der Waals surface area (Å²) in [5, 5.41) is 3.78. The van der Waals surface area contributed by atoms with E-state index in [0.717, 1.165) is 22.0 Å². The van der Waals surface area contributed by atoms with Gasteiger partial charge in [-0.25, -0.2) is 9.37 Å². The summed E-state index contributed by atoms with van der Waals surface area (Å²) in [5.41, 5.74) is 3.22. The Bertz CT molecular complexity index is 1080. The van der Waals surface area contributed by atoms with Crippen LogP contribution in [0.3, 0.4) is 0 Å². The van der Waals surface area contributed by atoms with Crippen LogP contribution in [0.15, 0.2) is 59.2 Å². The predicted molar refractivity (Wildman–Crippen MR) is 98.0 cm³/mol. The minimum absolute atomic E-state index is 0.224. The van der Waals surface area contributed by atoms with Gasteiger partial charge in [-0.05, 0) is 42.3 Å². The fraction of sp³-hybridized carbons (Fsp3) is 0.100. The van der Waals surface area contributed by atoms with Crippen molar-refractivity contribution in [3.63, 3.8) is 0 Å². The molecular weight excluding hydrogens is 333 g/mol. The fourth-order valence-corrected chi connectivity index (χ4v) is 2.85. The number of aromatic nitrogens is 2. The Kier molecular flexibility index (Phi) is 4.23. The first-order valence-corrected chi connectivity index (χ1v) is 8.26. The van der Waals surface area contributed by atoms with Crippen molar-refractivity contribution in [3.8, 4) is 0 Å². The minimum atomic E-state index is -0.275.